The minimum Gasteiger partial charge on any atom is -0.481 e. The fourth-order valence-corrected chi connectivity index (χ4v) is 8.57. The topological polar surface area (TPSA) is 268 Å². The maximum absolute atomic E-state index is 13.7. The van der Waals surface area contributed by atoms with Crippen molar-refractivity contribution in [2.24, 2.45) is 29.5 Å². The number of carboxylic acid groups (broad SMARTS) is 1. The van der Waals surface area contributed by atoms with E-state index in [1.807, 2.05) is 27.7 Å². The fraction of sp³-hybridized carbons (Fsp3) is 0.592. The molecule has 1 aliphatic rings. The number of nitrogens with two attached hydrogens (primary N) is 1. The normalized spacial score (nSPS) is 15.5. The van der Waals surface area contributed by atoms with Crippen molar-refractivity contribution in [2.75, 3.05) is 18.6 Å². The molecule has 69 heavy (non-hydrogen) atoms. The number of unbranched alkanes of at least 4 members (excludes halogenated alkanes) is 2. The first-order chi connectivity index (χ1) is 32.4. The molecular weight excluding hydrogens is 909 g/mol. The molecule has 0 aliphatic carbocycles. The number of hydrazine groups is 1. The number of aliphatic carboxylic acids is 1. The van der Waals surface area contributed by atoms with Gasteiger partial charge < -0.3 is 30.7 Å². The van der Waals surface area contributed by atoms with E-state index in [-0.39, 0.29) is 91.0 Å². The molecule has 2 aromatic rings. The molecule has 19 nitrogen and oxygen atoms in total. The summed E-state index contributed by atoms with van der Waals surface area (Å²) in [7, 11) is 1.75. The average molecular weight is 981 g/mol. The zero-order valence-corrected chi connectivity index (χ0v) is 42.4. The van der Waals surface area contributed by atoms with Crippen LogP contribution in [0.25, 0.3) is 0 Å². The number of rotatable bonds is 28. The largest absolute Gasteiger partial charge is 0.481 e. The zero-order chi connectivity index (χ0) is 51.7. The van der Waals surface area contributed by atoms with Crippen molar-refractivity contribution in [3.05, 3.63) is 58.1 Å². The molecular formula is C49H72N8O11S. The standard InChI is InChI=1S/C49H72N8O11S/c1-11-30(6)23-43(62)55(10)38(28(2)3)26-39(68-33(9)58)47-53-37(27-69-47)45(63)52-35(24-31(7)49(66)67)25-34-16-18-36(19-17-34)57(50)48(65)32(8)51-46(64)44(29(4)5)54-40(59)15-13-12-14-22-56-41(60)20-21-42(56)61/h16-21,27-32,35,38-39,44H,11-15,22-26,50H2,1-10H3,(H,51,64)(H,52,63)(H,54,59)(H,66,67)/t30-,31-,32-,35+,38+,39+,44-/m0/s1. The lowest BCUT2D eigenvalue weighted by molar-refractivity contribution is -0.148. The molecule has 0 spiro atoms. The summed E-state index contributed by atoms with van der Waals surface area (Å²) in [5, 5.41) is 20.9. The Kier molecular flexibility index (Phi) is 22.6. The Labute approximate surface area is 409 Å². The van der Waals surface area contributed by atoms with Crippen molar-refractivity contribution in [2.45, 2.75) is 150 Å². The van der Waals surface area contributed by atoms with Crippen molar-refractivity contribution >= 4 is 70.3 Å². The molecule has 0 bridgehead atoms. The van der Waals surface area contributed by atoms with E-state index in [0.29, 0.717) is 36.3 Å². The molecule has 0 radical (unpaired) electrons. The second kappa shape index (κ2) is 27.2. The summed E-state index contributed by atoms with van der Waals surface area (Å²) in [6, 6.07) is 3.55. The quantitative estimate of drug-likeness (QED) is 0.0191. The number of anilines is 1. The van der Waals surface area contributed by atoms with E-state index >= 15 is 0 Å². The molecule has 1 aromatic heterocycles. The molecule has 0 saturated carbocycles. The van der Waals surface area contributed by atoms with E-state index in [9.17, 15) is 48.3 Å². The van der Waals surface area contributed by atoms with E-state index in [0.717, 1.165) is 27.7 Å². The number of hydrogen-bond donors (Lipinski definition) is 5. The number of hydrogen-bond acceptors (Lipinski definition) is 13. The molecule has 0 unspecified atom stereocenters. The summed E-state index contributed by atoms with van der Waals surface area (Å²) in [5.41, 5.74) is 1.03. The van der Waals surface area contributed by atoms with Crippen LogP contribution >= 0.6 is 11.3 Å². The molecule has 380 valence electrons. The third-order valence-electron chi connectivity index (χ3n) is 12.2. The summed E-state index contributed by atoms with van der Waals surface area (Å²) in [6.07, 6.45) is 5.11. The number of benzene rings is 1. The molecule has 1 aromatic carbocycles. The van der Waals surface area contributed by atoms with Crippen LogP contribution in [0.1, 0.15) is 141 Å². The van der Waals surface area contributed by atoms with Crippen molar-refractivity contribution in [1.29, 1.82) is 0 Å². The number of thiazole rings is 1. The highest BCUT2D eigenvalue weighted by Crippen LogP contribution is 2.31. The number of amides is 7. The Balaban J connectivity index is 1.64. The predicted molar refractivity (Wildman–Crippen MR) is 260 cm³/mol. The fourth-order valence-electron chi connectivity index (χ4n) is 7.73. The highest BCUT2D eigenvalue weighted by Gasteiger charge is 2.33. The lowest BCUT2D eigenvalue weighted by Crippen LogP contribution is -2.56. The summed E-state index contributed by atoms with van der Waals surface area (Å²) < 4.78 is 5.71. The second-order valence-electron chi connectivity index (χ2n) is 18.7. The van der Waals surface area contributed by atoms with Gasteiger partial charge in [0.05, 0.1) is 11.6 Å². The van der Waals surface area contributed by atoms with E-state index in [4.69, 9.17) is 10.6 Å². The van der Waals surface area contributed by atoms with Gasteiger partial charge in [-0.3, -0.25) is 48.1 Å². The van der Waals surface area contributed by atoms with Crippen LogP contribution in [-0.4, -0.2) is 111 Å². The van der Waals surface area contributed by atoms with Gasteiger partial charge in [-0.2, -0.15) is 0 Å². The van der Waals surface area contributed by atoms with Crippen molar-refractivity contribution in [1.82, 2.24) is 30.7 Å². The monoisotopic (exact) mass is 981 g/mol. The second-order valence-corrected chi connectivity index (χ2v) is 19.5. The first kappa shape index (κ1) is 57.3. The molecule has 2 heterocycles. The first-order valence-corrected chi connectivity index (χ1v) is 24.5. The number of carbonyl (C=O) groups is 9. The summed E-state index contributed by atoms with van der Waals surface area (Å²) >= 11 is 1.14. The molecule has 0 fully saturated rings. The van der Waals surface area contributed by atoms with Crippen LogP contribution in [0.15, 0.2) is 41.8 Å². The number of carboxylic acids is 1. The Hall–Kier alpha value is -6.02. The lowest BCUT2D eigenvalue weighted by Gasteiger charge is -2.34. The maximum atomic E-state index is 13.7. The van der Waals surface area contributed by atoms with Crippen LogP contribution in [0.3, 0.4) is 0 Å². The van der Waals surface area contributed by atoms with Crippen LogP contribution in [0.5, 0.6) is 0 Å². The zero-order valence-electron chi connectivity index (χ0n) is 41.6. The van der Waals surface area contributed by atoms with Gasteiger partial charge in [0, 0.05) is 69.4 Å². The van der Waals surface area contributed by atoms with Gasteiger partial charge in [0.15, 0.2) is 6.10 Å². The van der Waals surface area contributed by atoms with Crippen LogP contribution in [0.2, 0.25) is 0 Å². The Bertz CT molecular complexity index is 2140. The van der Waals surface area contributed by atoms with Crippen LogP contribution in [0.4, 0.5) is 5.69 Å². The summed E-state index contributed by atoms with van der Waals surface area (Å²) in [4.78, 5) is 121. The van der Waals surface area contributed by atoms with Gasteiger partial charge in [0.2, 0.25) is 17.7 Å². The number of nitrogens with zero attached hydrogens (tertiary/aromatic N) is 4. The SMILES string of the molecule is CC[C@H](C)CC(=O)N(C)[C@H](C[C@@H](OC(C)=O)c1nc(C(=O)N[C@@H](Cc2ccc(N(N)C(=O)[C@H](C)NC(=O)[C@@H](NC(=O)CCCCCN3C(=O)C=CC3=O)C(C)C)cc2)C[C@H](C)C(=O)O)cs1)C(C)C. The van der Waals surface area contributed by atoms with Gasteiger partial charge in [0.1, 0.15) is 22.8 Å². The third-order valence-corrected chi connectivity index (χ3v) is 13.1. The van der Waals surface area contributed by atoms with Crippen LogP contribution < -0.4 is 26.8 Å². The van der Waals surface area contributed by atoms with E-state index in [2.05, 4.69) is 20.9 Å². The van der Waals surface area contributed by atoms with Gasteiger partial charge in [-0.15, -0.1) is 11.3 Å². The van der Waals surface area contributed by atoms with Gasteiger partial charge in [-0.1, -0.05) is 73.4 Å². The number of carbonyl (C=O) groups excluding carboxylic acids is 8. The van der Waals surface area contributed by atoms with Crippen molar-refractivity contribution in [3.63, 3.8) is 0 Å². The molecule has 6 N–H and O–H groups in total. The van der Waals surface area contributed by atoms with Crippen molar-refractivity contribution < 1.29 is 53.0 Å². The smallest absolute Gasteiger partial charge is 0.306 e. The van der Waals surface area contributed by atoms with Gasteiger partial charge in [-0.05, 0) is 68.1 Å². The van der Waals surface area contributed by atoms with E-state index < -0.39 is 59.8 Å². The number of imide groups is 1. The highest BCUT2D eigenvalue weighted by molar-refractivity contribution is 7.09. The first-order valence-electron chi connectivity index (χ1n) is 23.7. The van der Waals surface area contributed by atoms with Gasteiger partial charge in [-0.25, -0.2) is 15.8 Å². The summed E-state index contributed by atoms with van der Waals surface area (Å²) in [6.45, 7) is 16.1. The molecule has 20 heteroatoms. The molecule has 1 aliphatic heterocycles. The number of aromatic nitrogens is 1. The van der Waals surface area contributed by atoms with Gasteiger partial charge in [0.25, 0.3) is 23.6 Å². The lowest BCUT2D eigenvalue weighted by atomic mass is 9.95. The molecule has 7 amide bonds. The van der Waals surface area contributed by atoms with E-state index in [1.165, 1.54) is 32.9 Å². The predicted octanol–water partition coefficient (Wildman–Crippen LogP) is 4.85. The van der Waals surface area contributed by atoms with Crippen molar-refractivity contribution in [3.8, 4) is 0 Å². The molecule has 3 rings (SSSR count). The number of esters is 1. The molecule has 0 saturated heterocycles. The minimum absolute atomic E-state index is 0.0144. The van der Waals surface area contributed by atoms with Crippen LogP contribution in [0, 0.1) is 23.7 Å². The Morgan fingerprint density at radius 1 is 0.870 bits per heavy atom. The Morgan fingerprint density at radius 3 is 2.07 bits per heavy atom. The third kappa shape index (κ3) is 17.8. The number of ether oxygens (including phenoxy) is 1. The average Bonchev–Trinajstić information content (AvgIpc) is 3.91. The van der Waals surface area contributed by atoms with E-state index in [1.54, 1.807) is 55.4 Å². The number of nitrogens with one attached hydrogen (secondary N) is 3. The van der Waals surface area contributed by atoms with Gasteiger partial charge >= 0.3 is 11.9 Å². The van der Waals surface area contributed by atoms with Crippen LogP contribution in [-0.2, 0) is 49.5 Å². The maximum Gasteiger partial charge on any atom is 0.306 e. The highest BCUT2D eigenvalue weighted by atomic mass is 32.1. The molecule has 7 atom stereocenters. The Morgan fingerprint density at radius 2 is 1.51 bits per heavy atom. The minimum atomic E-state index is -1.08. The summed E-state index contributed by atoms with van der Waals surface area (Å²) in [5.74, 6) is 0.864.